The molecule has 0 spiro atoms. The maximum Gasteiger partial charge on any atom is 0.351 e. The third-order valence-electron chi connectivity index (χ3n) is 4.58. The molecule has 2 atom stereocenters. The van der Waals surface area contributed by atoms with Gasteiger partial charge in [0, 0.05) is 27.4 Å². The molecule has 8 heteroatoms. The van der Waals surface area contributed by atoms with Crippen LogP contribution in [0.4, 0.5) is 10.5 Å². The van der Waals surface area contributed by atoms with Gasteiger partial charge >= 0.3 is 6.03 Å². The Labute approximate surface area is 169 Å². The van der Waals surface area contributed by atoms with Gasteiger partial charge in [-0.15, -0.1) is 0 Å². The van der Waals surface area contributed by atoms with E-state index >= 15 is 0 Å². The van der Waals surface area contributed by atoms with E-state index in [1.807, 2.05) is 24.3 Å². The maximum absolute atomic E-state index is 12.9. The topological polar surface area (TPSA) is 53.0 Å². The van der Waals surface area contributed by atoms with Crippen molar-refractivity contribution in [3.05, 3.63) is 62.5 Å². The lowest BCUT2D eigenvalue weighted by Gasteiger charge is -2.28. The largest absolute Gasteiger partial charge is 0.391 e. The predicted molar refractivity (Wildman–Crippen MR) is 103 cm³/mol. The maximum atomic E-state index is 12.9. The summed E-state index contributed by atoms with van der Waals surface area (Å²) in [5.74, 6) is 0. The number of fused-ring (bicyclic) bond motifs is 1. The fraction of sp³-hybridized carbons (Fsp3) is 0.278. The number of hydroxylamine groups is 1. The minimum absolute atomic E-state index is 0.222. The van der Waals surface area contributed by atoms with Crippen molar-refractivity contribution in [2.24, 2.45) is 0 Å². The molecule has 1 N–H and O–H groups in total. The molecule has 2 fully saturated rings. The number of hydrogen-bond acceptors (Lipinski definition) is 3. The van der Waals surface area contributed by atoms with Gasteiger partial charge in [-0.05, 0) is 35.9 Å². The van der Waals surface area contributed by atoms with Crippen LogP contribution in [0.1, 0.15) is 12.0 Å². The Morgan fingerprint density at radius 3 is 2.50 bits per heavy atom. The second-order valence-electron chi connectivity index (χ2n) is 6.51. The molecule has 0 unspecified atom stereocenters. The van der Waals surface area contributed by atoms with Crippen molar-refractivity contribution in [2.45, 2.75) is 24.7 Å². The first-order valence-corrected chi connectivity index (χ1v) is 9.61. The first-order valence-electron chi connectivity index (χ1n) is 8.06. The van der Waals surface area contributed by atoms with Crippen molar-refractivity contribution in [1.29, 1.82) is 0 Å². The average Bonchev–Trinajstić information content (AvgIpc) is 3.01. The number of benzene rings is 2. The standard InChI is InChI=1S/C18H15BrCl2N2O3/c19-12-3-1-11(2-4-12)8-18-9-16(24)10-22(18)17(25)23(26-18)15-6-13(20)5-14(21)7-15/h1-7,16,24H,8-10H2/t16-,18-/m1/s1. The van der Waals surface area contributed by atoms with E-state index in [1.54, 1.807) is 23.1 Å². The summed E-state index contributed by atoms with van der Waals surface area (Å²) in [7, 11) is 0. The average molecular weight is 458 g/mol. The smallest absolute Gasteiger partial charge is 0.351 e. The molecule has 5 nitrogen and oxygen atoms in total. The Kier molecular flexibility index (Phi) is 4.65. The van der Waals surface area contributed by atoms with Crippen LogP contribution in [-0.4, -0.2) is 34.4 Å². The van der Waals surface area contributed by atoms with Crippen LogP contribution in [0.3, 0.4) is 0 Å². The zero-order valence-electron chi connectivity index (χ0n) is 13.5. The molecule has 2 saturated heterocycles. The van der Waals surface area contributed by atoms with Crippen LogP contribution in [-0.2, 0) is 11.3 Å². The highest BCUT2D eigenvalue weighted by Gasteiger charge is 2.57. The highest BCUT2D eigenvalue weighted by Crippen LogP contribution is 2.43. The molecule has 2 aliphatic heterocycles. The molecule has 0 radical (unpaired) electrons. The number of amides is 2. The van der Waals surface area contributed by atoms with Gasteiger partial charge in [0.2, 0.25) is 0 Å². The predicted octanol–water partition coefficient (Wildman–Crippen LogP) is 4.63. The zero-order valence-corrected chi connectivity index (χ0v) is 16.6. The molecule has 0 aromatic heterocycles. The Hall–Kier alpha value is -1.31. The summed E-state index contributed by atoms with van der Waals surface area (Å²) in [6.45, 7) is 0.222. The molecular weight excluding hydrogens is 443 g/mol. The van der Waals surface area contributed by atoms with E-state index in [0.717, 1.165) is 10.0 Å². The van der Waals surface area contributed by atoms with E-state index in [4.69, 9.17) is 28.0 Å². The van der Waals surface area contributed by atoms with Gasteiger partial charge in [0.1, 0.15) is 0 Å². The molecule has 4 rings (SSSR count). The van der Waals surface area contributed by atoms with Gasteiger partial charge in [-0.1, -0.05) is 51.3 Å². The van der Waals surface area contributed by atoms with E-state index < -0.39 is 11.8 Å². The van der Waals surface area contributed by atoms with Crippen molar-refractivity contribution in [2.75, 3.05) is 11.6 Å². The summed E-state index contributed by atoms with van der Waals surface area (Å²) < 4.78 is 0.973. The first-order chi connectivity index (χ1) is 12.4. The second kappa shape index (κ2) is 6.69. The number of aliphatic hydroxyl groups excluding tert-OH is 1. The van der Waals surface area contributed by atoms with Crippen LogP contribution >= 0.6 is 39.1 Å². The molecule has 2 aromatic rings. The molecule has 2 heterocycles. The van der Waals surface area contributed by atoms with Crippen LogP contribution in [0.2, 0.25) is 10.0 Å². The summed E-state index contributed by atoms with van der Waals surface area (Å²) >= 11 is 15.5. The van der Waals surface area contributed by atoms with Gasteiger partial charge < -0.3 is 5.11 Å². The summed E-state index contributed by atoms with van der Waals surface area (Å²) in [4.78, 5) is 20.6. The minimum atomic E-state index is -0.931. The van der Waals surface area contributed by atoms with Gasteiger partial charge in [-0.25, -0.2) is 9.63 Å². The number of nitrogens with zero attached hydrogens (tertiary/aromatic N) is 2. The summed E-state index contributed by atoms with van der Waals surface area (Å²) in [5, 5.41) is 12.2. The van der Waals surface area contributed by atoms with Gasteiger partial charge in [-0.3, -0.25) is 4.90 Å². The lowest BCUT2D eigenvalue weighted by atomic mass is 10.00. The van der Waals surface area contributed by atoms with E-state index in [1.165, 1.54) is 5.06 Å². The number of anilines is 1. The Morgan fingerprint density at radius 2 is 1.85 bits per heavy atom. The van der Waals surface area contributed by atoms with Gasteiger partial charge in [0.15, 0.2) is 5.72 Å². The number of rotatable bonds is 3. The van der Waals surface area contributed by atoms with E-state index in [-0.39, 0.29) is 12.6 Å². The molecule has 0 aliphatic carbocycles. The fourth-order valence-corrected chi connectivity index (χ4v) is 4.30. The van der Waals surface area contributed by atoms with Crippen molar-refractivity contribution in [1.82, 2.24) is 4.90 Å². The first kappa shape index (κ1) is 18.1. The molecule has 26 heavy (non-hydrogen) atoms. The monoisotopic (exact) mass is 456 g/mol. The van der Waals surface area contributed by atoms with Crippen LogP contribution in [0.5, 0.6) is 0 Å². The zero-order chi connectivity index (χ0) is 18.5. The Morgan fingerprint density at radius 1 is 1.19 bits per heavy atom. The van der Waals surface area contributed by atoms with E-state index in [0.29, 0.717) is 28.6 Å². The highest BCUT2D eigenvalue weighted by molar-refractivity contribution is 9.10. The van der Waals surface area contributed by atoms with Crippen LogP contribution in [0.25, 0.3) is 0 Å². The Bertz CT molecular complexity index is 844. The van der Waals surface area contributed by atoms with Crippen LogP contribution in [0.15, 0.2) is 46.9 Å². The van der Waals surface area contributed by atoms with Crippen molar-refractivity contribution in [3.8, 4) is 0 Å². The lowest BCUT2D eigenvalue weighted by Crippen LogP contribution is -2.42. The summed E-state index contributed by atoms with van der Waals surface area (Å²) in [6.07, 6.45) is 0.174. The van der Waals surface area contributed by atoms with Crippen molar-refractivity contribution < 1.29 is 14.7 Å². The van der Waals surface area contributed by atoms with Crippen LogP contribution < -0.4 is 5.06 Å². The van der Waals surface area contributed by atoms with E-state index in [9.17, 15) is 9.90 Å². The second-order valence-corrected chi connectivity index (χ2v) is 8.30. The van der Waals surface area contributed by atoms with Gasteiger partial charge in [-0.2, -0.15) is 5.06 Å². The summed E-state index contributed by atoms with van der Waals surface area (Å²) in [5.41, 5.74) is 0.539. The molecular formula is C18H15BrCl2N2O3. The van der Waals surface area contributed by atoms with Crippen molar-refractivity contribution in [3.63, 3.8) is 0 Å². The molecule has 0 bridgehead atoms. The fourth-order valence-electron chi connectivity index (χ4n) is 3.52. The normalized spacial score (nSPS) is 25.1. The number of halogens is 3. The number of carbonyl (C=O) groups excluding carboxylic acids is 1. The molecule has 2 aromatic carbocycles. The minimum Gasteiger partial charge on any atom is -0.391 e. The lowest BCUT2D eigenvalue weighted by molar-refractivity contribution is -0.0698. The van der Waals surface area contributed by atoms with Crippen molar-refractivity contribution >= 4 is 50.9 Å². The SMILES string of the molecule is O=C1N(c2cc(Cl)cc(Cl)c2)O[C@]2(Cc3ccc(Br)cc3)C[C@@H](O)CN12. The molecule has 0 saturated carbocycles. The molecule has 136 valence electrons. The molecule has 2 amide bonds. The van der Waals surface area contributed by atoms with E-state index in [2.05, 4.69) is 15.9 Å². The van der Waals surface area contributed by atoms with Gasteiger partial charge in [0.05, 0.1) is 18.3 Å². The number of carbonyl (C=O) groups is 1. The van der Waals surface area contributed by atoms with Crippen LogP contribution in [0, 0.1) is 0 Å². The number of aliphatic hydroxyl groups is 1. The number of hydrogen-bond donors (Lipinski definition) is 1. The van der Waals surface area contributed by atoms with Gasteiger partial charge in [0.25, 0.3) is 0 Å². The Balaban J connectivity index is 1.68. The highest BCUT2D eigenvalue weighted by atomic mass is 79.9. The quantitative estimate of drug-likeness (QED) is 0.730. The third-order valence-corrected chi connectivity index (χ3v) is 5.55. The third kappa shape index (κ3) is 3.21. The summed E-state index contributed by atoms with van der Waals surface area (Å²) in [6, 6.07) is 12.3. The number of urea groups is 1. The molecule has 2 aliphatic rings.